The lowest BCUT2D eigenvalue weighted by molar-refractivity contribution is -0.136. The molecule has 0 aromatic rings. The van der Waals surface area contributed by atoms with Crippen molar-refractivity contribution in [3.63, 3.8) is 0 Å². The van der Waals surface area contributed by atoms with Gasteiger partial charge in [0.2, 0.25) is 5.91 Å². The zero-order valence-corrected chi connectivity index (χ0v) is 12.7. The van der Waals surface area contributed by atoms with E-state index in [2.05, 4.69) is 30.6 Å². The van der Waals surface area contributed by atoms with Gasteiger partial charge in [-0.25, -0.2) is 0 Å². The standard InChI is InChI=1S/C16H28N2O/c1-15(2,3)16(6-7-16)11-14(19)18-10-9-17-8-4-5-13(17)12-18/h13H,4-12H2,1-3H3. The number of nitrogens with zero attached hydrogens (tertiary/aromatic N) is 2. The third-order valence-corrected chi connectivity index (χ3v) is 5.87. The lowest BCUT2D eigenvalue weighted by atomic mass is 9.75. The summed E-state index contributed by atoms with van der Waals surface area (Å²) >= 11 is 0. The van der Waals surface area contributed by atoms with Crippen LogP contribution in [0.2, 0.25) is 0 Å². The van der Waals surface area contributed by atoms with E-state index >= 15 is 0 Å². The predicted octanol–water partition coefficient (Wildman–Crippen LogP) is 2.51. The molecule has 1 unspecified atom stereocenters. The summed E-state index contributed by atoms with van der Waals surface area (Å²) in [6.45, 7) is 11.2. The van der Waals surface area contributed by atoms with Gasteiger partial charge in [-0.05, 0) is 43.1 Å². The predicted molar refractivity (Wildman–Crippen MR) is 76.9 cm³/mol. The summed E-state index contributed by atoms with van der Waals surface area (Å²) in [5, 5.41) is 0. The Balaban J connectivity index is 1.59. The van der Waals surface area contributed by atoms with E-state index in [0.717, 1.165) is 26.1 Å². The van der Waals surface area contributed by atoms with E-state index in [9.17, 15) is 4.79 Å². The minimum Gasteiger partial charge on any atom is -0.340 e. The van der Waals surface area contributed by atoms with E-state index in [4.69, 9.17) is 0 Å². The normalized spacial score (nSPS) is 30.3. The van der Waals surface area contributed by atoms with Gasteiger partial charge in [0.05, 0.1) is 0 Å². The van der Waals surface area contributed by atoms with Gasteiger partial charge in [-0.15, -0.1) is 0 Å². The van der Waals surface area contributed by atoms with Crippen molar-refractivity contribution in [3.8, 4) is 0 Å². The van der Waals surface area contributed by atoms with Crippen molar-refractivity contribution in [3.05, 3.63) is 0 Å². The summed E-state index contributed by atoms with van der Waals surface area (Å²) < 4.78 is 0. The molecule has 0 aromatic carbocycles. The second-order valence-corrected chi connectivity index (χ2v) is 7.88. The summed E-state index contributed by atoms with van der Waals surface area (Å²) in [6.07, 6.45) is 5.87. The summed E-state index contributed by atoms with van der Waals surface area (Å²) in [7, 11) is 0. The highest BCUT2D eigenvalue weighted by Gasteiger charge is 2.53. The number of amides is 1. The van der Waals surface area contributed by atoms with Gasteiger partial charge < -0.3 is 4.90 Å². The van der Waals surface area contributed by atoms with Gasteiger partial charge in [0.1, 0.15) is 0 Å². The molecule has 0 spiro atoms. The number of fused-ring (bicyclic) bond motifs is 1. The van der Waals surface area contributed by atoms with Gasteiger partial charge in [-0.3, -0.25) is 9.69 Å². The topological polar surface area (TPSA) is 23.6 Å². The Hall–Kier alpha value is -0.570. The maximum atomic E-state index is 12.6. The van der Waals surface area contributed by atoms with Gasteiger partial charge in [0, 0.05) is 32.1 Å². The molecule has 0 aromatic heterocycles. The van der Waals surface area contributed by atoms with Crippen molar-refractivity contribution < 1.29 is 4.79 Å². The maximum Gasteiger partial charge on any atom is 0.223 e. The summed E-state index contributed by atoms with van der Waals surface area (Å²) in [5.74, 6) is 0.416. The maximum absolute atomic E-state index is 12.6. The molecular formula is C16H28N2O. The van der Waals surface area contributed by atoms with Crippen LogP contribution in [0.15, 0.2) is 0 Å². The van der Waals surface area contributed by atoms with E-state index in [1.54, 1.807) is 0 Å². The van der Waals surface area contributed by atoms with Gasteiger partial charge in [-0.2, -0.15) is 0 Å². The molecule has 3 heteroatoms. The first-order chi connectivity index (χ1) is 8.91. The molecule has 0 bridgehead atoms. The molecule has 3 rings (SSSR count). The molecule has 108 valence electrons. The van der Waals surface area contributed by atoms with Crippen LogP contribution in [-0.4, -0.2) is 47.9 Å². The minimum absolute atomic E-state index is 0.276. The first kappa shape index (κ1) is 13.4. The highest BCUT2D eigenvalue weighted by molar-refractivity contribution is 5.77. The highest BCUT2D eigenvalue weighted by atomic mass is 16.2. The van der Waals surface area contributed by atoms with Crippen LogP contribution in [0, 0.1) is 10.8 Å². The minimum atomic E-state index is 0.276. The van der Waals surface area contributed by atoms with Crippen LogP contribution in [0.5, 0.6) is 0 Å². The van der Waals surface area contributed by atoms with Crippen molar-refractivity contribution >= 4 is 5.91 Å². The summed E-state index contributed by atoms with van der Waals surface area (Å²) in [4.78, 5) is 17.3. The average Bonchev–Trinajstić information content (AvgIpc) is 2.99. The largest absolute Gasteiger partial charge is 0.340 e. The fraction of sp³-hybridized carbons (Fsp3) is 0.938. The Morgan fingerprint density at radius 2 is 1.95 bits per heavy atom. The fourth-order valence-electron chi connectivity index (χ4n) is 3.96. The monoisotopic (exact) mass is 264 g/mol. The van der Waals surface area contributed by atoms with E-state index in [0.29, 0.717) is 17.4 Å². The molecule has 1 saturated carbocycles. The molecule has 3 fully saturated rings. The molecule has 1 amide bonds. The summed E-state index contributed by atoms with van der Waals surface area (Å²) in [5.41, 5.74) is 0.578. The average molecular weight is 264 g/mol. The second-order valence-electron chi connectivity index (χ2n) is 7.88. The van der Waals surface area contributed by atoms with Crippen molar-refractivity contribution in [1.29, 1.82) is 0 Å². The third kappa shape index (κ3) is 2.42. The molecule has 2 saturated heterocycles. The first-order valence-corrected chi connectivity index (χ1v) is 7.93. The fourth-order valence-corrected chi connectivity index (χ4v) is 3.96. The van der Waals surface area contributed by atoms with Crippen molar-refractivity contribution in [2.24, 2.45) is 10.8 Å². The van der Waals surface area contributed by atoms with Crippen LogP contribution >= 0.6 is 0 Å². The van der Waals surface area contributed by atoms with Gasteiger partial charge in [-0.1, -0.05) is 20.8 Å². The SMILES string of the molecule is CC(C)(C)C1(CC(=O)N2CCN3CCCC3C2)CC1. The van der Waals surface area contributed by atoms with Crippen LogP contribution in [0.25, 0.3) is 0 Å². The summed E-state index contributed by atoms with van der Waals surface area (Å²) in [6, 6.07) is 0.655. The molecule has 19 heavy (non-hydrogen) atoms. The van der Waals surface area contributed by atoms with E-state index in [1.807, 2.05) is 0 Å². The van der Waals surface area contributed by atoms with Crippen LogP contribution in [0.3, 0.4) is 0 Å². The quantitative estimate of drug-likeness (QED) is 0.765. The Kier molecular flexibility index (Phi) is 3.16. The first-order valence-electron chi connectivity index (χ1n) is 7.93. The second kappa shape index (κ2) is 4.47. The lowest BCUT2D eigenvalue weighted by Crippen LogP contribution is -2.52. The number of hydrogen-bond acceptors (Lipinski definition) is 2. The Morgan fingerprint density at radius 1 is 1.21 bits per heavy atom. The highest BCUT2D eigenvalue weighted by Crippen LogP contribution is 2.60. The molecule has 1 aliphatic carbocycles. The molecule has 3 aliphatic rings. The van der Waals surface area contributed by atoms with E-state index < -0.39 is 0 Å². The zero-order chi connectivity index (χ0) is 13.7. The third-order valence-electron chi connectivity index (χ3n) is 5.87. The Bertz CT molecular complexity index is 367. The Labute approximate surface area is 117 Å². The van der Waals surface area contributed by atoms with Gasteiger partial charge >= 0.3 is 0 Å². The van der Waals surface area contributed by atoms with Crippen LogP contribution in [0.1, 0.15) is 52.9 Å². The molecular weight excluding hydrogens is 236 g/mol. The van der Waals surface area contributed by atoms with Crippen LogP contribution in [0.4, 0.5) is 0 Å². The molecule has 2 aliphatic heterocycles. The number of carbonyl (C=O) groups excluding carboxylic acids is 1. The molecule has 0 N–H and O–H groups in total. The number of piperazine rings is 1. The van der Waals surface area contributed by atoms with Crippen molar-refractivity contribution in [1.82, 2.24) is 9.80 Å². The van der Waals surface area contributed by atoms with E-state index in [-0.39, 0.29) is 5.41 Å². The zero-order valence-electron chi connectivity index (χ0n) is 12.7. The molecule has 1 atom stereocenters. The van der Waals surface area contributed by atoms with Gasteiger partial charge in [0.15, 0.2) is 0 Å². The van der Waals surface area contributed by atoms with Crippen LogP contribution < -0.4 is 0 Å². The Morgan fingerprint density at radius 3 is 2.58 bits per heavy atom. The van der Waals surface area contributed by atoms with Gasteiger partial charge in [0.25, 0.3) is 0 Å². The van der Waals surface area contributed by atoms with Crippen LogP contribution in [-0.2, 0) is 4.79 Å². The number of hydrogen-bond donors (Lipinski definition) is 0. The van der Waals surface area contributed by atoms with E-state index in [1.165, 1.54) is 32.2 Å². The molecule has 0 radical (unpaired) electrons. The van der Waals surface area contributed by atoms with Crippen molar-refractivity contribution in [2.75, 3.05) is 26.2 Å². The molecule has 2 heterocycles. The number of rotatable bonds is 2. The number of carbonyl (C=O) groups is 1. The smallest absolute Gasteiger partial charge is 0.223 e. The lowest BCUT2D eigenvalue weighted by Gasteiger charge is -2.39. The molecule has 3 nitrogen and oxygen atoms in total. The van der Waals surface area contributed by atoms with Crippen molar-refractivity contribution in [2.45, 2.75) is 58.9 Å².